The van der Waals surface area contributed by atoms with Gasteiger partial charge < -0.3 is 8.85 Å². The molecule has 0 N–H and O–H groups in total. The molecule has 0 rings (SSSR count). The molecule has 0 aromatic carbocycles. The van der Waals surface area contributed by atoms with Gasteiger partial charge in [-0.1, -0.05) is 39.8 Å². The summed E-state index contributed by atoms with van der Waals surface area (Å²) in [6.07, 6.45) is 3.61. The van der Waals surface area contributed by atoms with Gasteiger partial charge >= 0.3 is 0 Å². The number of hydrogen-bond donors (Lipinski definition) is 0. The van der Waals surface area contributed by atoms with E-state index in [4.69, 9.17) is 8.85 Å². The Bertz CT molecular complexity index is 306. The molecule has 0 aromatic heterocycles. The molecule has 0 radical (unpaired) electrons. The van der Waals surface area contributed by atoms with E-state index in [2.05, 4.69) is 67.0 Å². The second kappa shape index (κ2) is 8.43. The van der Waals surface area contributed by atoms with Crippen LogP contribution < -0.4 is 0 Å². The third kappa shape index (κ3) is 6.69. The highest BCUT2D eigenvalue weighted by molar-refractivity contribution is 6.77. The molecular formula is C16H40O2Si3. The summed E-state index contributed by atoms with van der Waals surface area (Å²) in [5.74, 6) is 0. The average Bonchev–Trinajstić information content (AvgIpc) is 2.34. The van der Waals surface area contributed by atoms with E-state index in [1.807, 2.05) is 0 Å². The van der Waals surface area contributed by atoms with Crippen LogP contribution in [0.4, 0.5) is 0 Å². The van der Waals surface area contributed by atoms with Crippen molar-refractivity contribution in [2.45, 2.75) is 103 Å². The van der Waals surface area contributed by atoms with E-state index in [1.54, 1.807) is 0 Å². The van der Waals surface area contributed by atoms with Crippen molar-refractivity contribution >= 4 is 25.4 Å². The first kappa shape index (κ1) is 21.6. The maximum Gasteiger partial charge on any atom is 0.216 e. The Labute approximate surface area is 137 Å². The average molecular weight is 349 g/mol. The summed E-state index contributed by atoms with van der Waals surface area (Å²) in [7, 11) is -4.24. The molecule has 2 nitrogen and oxygen atoms in total. The van der Waals surface area contributed by atoms with Gasteiger partial charge in [0.2, 0.25) is 8.32 Å². The van der Waals surface area contributed by atoms with Crippen molar-refractivity contribution in [3.8, 4) is 0 Å². The highest BCUT2D eigenvalue weighted by Gasteiger charge is 2.48. The Morgan fingerprint density at radius 1 is 1.10 bits per heavy atom. The van der Waals surface area contributed by atoms with Gasteiger partial charge in [0.05, 0.1) is 14.0 Å². The molecule has 0 aromatic rings. The Morgan fingerprint density at radius 3 is 2.00 bits per heavy atom. The van der Waals surface area contributed by atoms with Crippen molar-refractivity contribution in [2.24, 2.45) is 0 Å². The summed E-state index contributed by atoms with van der Waals surface area (Å²) < 4.78 is 13.4. The van der Waals surface area contributed by atoms with Crippen LogP contribution in [-0.4, -0.2) is 36.4 Å². The normalized spacial score (nSPS) is 17.9. The molecule has 128 valence electrons. The number of unbranched alkanes of at least 4 members (excludes halogenated alkanes) is 1. The van der Waals surface area contributed by atoms with Gasteiger partial charge in [-0.2, -0.15) is 0 Å². The lowest BCUT2D eigenvalue weighted by atomic mass is 10.3. The summed E-state index contributed by atoms with van der Waals surface area (Å²) in [5, 5.41) is -0.0615. The van der Waals surface area contributed by atoms with E-state index in [-0.39, 0.29) is 5.22 Å². The molecule has 0 heterocycles. The van der Waals surface area contributed by atoms with Crippen LogP contribution in [-0.2, 0) is 8.85 Å². The van der Waals surface area contributed by atoms with E-state index in [1.165, 1.54) is 18.9 Å². The first-order chi connectivity index (χ1) is 9.41. The van der Waals surface area contributed by atoms with Gasteiger partial charge in [-0.25, -0.2) is 0 Å². The van der Waals surface area contributed by atoms with Crippen molar-refractivity contribution in [3.05, 3.63) is 0 Å². The fourth-order valence-corrected chi connectivity index (χ4v) is 11.2. The Kier molecular flexibility index (Phi) is 8.66. The standard InChI is InChI=1S/C16H40O2Si3/c1-11-13-14-20(7,8)18-16(4,12-2)21(9,10)17-15(3)19(5)6/h15,19H,11-14H2,1-10H3/t15-,16?/m1/s1. The maximum absolute atomic E-state index is 6.81. The van der Waals surface area contributed by atoms with E-state index >= 15 is 0 Å². The molecule has 0 saturated carbocycles. The van der Waals surface area contributed by atoms with Gasteiger partial charge in [0, 0.05) is 5.73 Å². The molecular weight excluding hydrogens is 308 g/mol. The predicted octanol–water partition coefficient (Wildman–Crippen LogP) is 5.35. The fraction of sp³-hybridized carbons (Fsp3) is 1.00. The Morgan fingerprint density at radius 2 is 1.62 bits per heavy atom. The smallest absolute Gasteiger partial charge is 0.216 e. The van der Waals surface area contributed by atoms with Crippen molar-refractivity contribution < 1.29 is 8.85 Å². The zero-order chi connectivity index (χ0) is 16.9. The van der Waals surface area contributed by atoms with Crippen LogP contribution in [0.5, 0.6) is 0 Å². The van der Waals surface area contributed by atoms with E-state index < -0.39 is 25.4 Å². The lowest BCUT2D eigenvalue weighted by Gasteiger charge is -2.47. The van der Waals surface area contributed by atoms with Gasteiger partial charge in [0.15, 0.2) is 8.32 Å². The highest BCUT2D eigenvalue weighted by Crippen LogP contribution is 2.34. The lowest BCUT2D eigenvalue weighted by molar-refractivity contribution is 0.110. The molecule has 0 aliphatic heterocycles. The monoisotopic (exact) mass is 348 g/mol. The van der Waals surface area contributed by atoms with Crippen LogP contribution in [0.3, 0.4) is 0 Å². The Balaban J connectivity index is 5.06. The first-order valence-corrected chi connectivity index (χ1v) is 17.8. The fourth-order valence-electron chi connectivity index (χ4n) is 2.61. The van der Waals surface area contributed by atoms with E-state index in [9.17, 15) is 0 Å². The van der Waals surface area contributed by atoms with Crippen LogP contribution >= 0.6 is 0 Å². The van der Waals surface area contributed by atoms with Crippen molar-refractivity contribution in [3.63, 3.8) is 0 Å². The van der Waals surface area contributed by atoms with Gasteiger partial charge in [-0.15, -0.1) is 0 Å². The minimum absolute atomic E-state index is 0.0615. The summed E-state index contributed by atoms with van der Waals surface area (Å²) in [6, 6.07) is 1.26. The number of rotatable bonds is 10. The van der Waals surface area contributed by atoms with E-state index in [0.29, 0.717) is 5.73 Å². The van der Waals surface area contributed by atoms with Gasteiger partial charge in [0.25, 0.3) is 0 Å². The summed E-state index contributed by atoms with van der Waals surface area (Å²) in [5.41, 5.74) is 0.446. The van der Waals surface area contributed by atoms with Crippen LogP contribution in [0.25, 0.3) is 0 Å². The molecule has 5 heteroatoms. The predicted molar refractivity (Wildman–Crippen MR) is 104 cm³/mol. The zero-order valence-corrected chi connectivity index (χ0v) is 19.5. The highest BCUT2D eigenvalue weighted by atomic mass is 28.4. The van der Waals surface area contributed by atoms with Crippen LogP contribution in [0.2, 0.25) is 45.3 Å². The molecule has 21 heavy (non-hydrogen) atoms. The molecule has 0 aliphatic carbocycles. The lowest BCUT2D eigenvalue weighted by Crippen LogP contribution is -2.61. The molecule has 0 aliphatic rings. The molecule has 2 atom stereocenters. The minimum atomic E-state index is -1.88. The second-order valence-electron chi connectivity index (χ2n) is 8.13. The third-order valence-corrected chi connectivity index (χ3v) is 14.0. The SMILES string of the molecule is CCCC[Si](C)(C)OC(C)(CC)[Si](C)(C)O[C@@H](C)[SiH](C)C. The molecule has 0 amide bonds. The third-order valence-electron chi connectivity index (χ3n) is 5.00. The van der Waals surface area contributed by atoms with Crippen molar-refractivity contribution in [2.75, 3.05) is 0 Å². The van der Waals surface area contributed by atoms with Gasteiger partial charge in [-0.05, 0) is 52.5 Å². The summed E-state index contributed by atoms with van der Waals surface area (Å²) >= 11 is 0. The molecule has 0 spiro atoms. The van der Waals surface area contributed by atoms with Crippen LogP contribution in [0.15, 0.2) is 0 Å². The Hall–Kier alpha value is 0.571. The van der Waals surface area contributed by atoms with Crippen LogP contribution in [0, 0.1) is 0 Å². The van der Waals surface area contributed by atoms with Crippen LogP contribution in [0.1, 0.15) is 47.0 Å². The minimum Gasteiger partial charge on any atom is -0.415 e. The molecule has 1 unspecified atom stereocenters. The molecule has 0 bridgehead atoms. The van der Waals surface area contributed by atoms with E-state index in [0.717, 1.165) is 6.42 Å². The second-order valence-corrected chi connectivity index (χ2v) is 20.1. The molecule has 0 fully saturated rings. The topological polar surface area (TPSA) is 18.5 Å². The quantitative estimate of drug-likeness (QED) is 0.495. The largest absolute Gasteiger partial charge is 0.415 e. The summed E-state index contributed by atoms with van der Waals surface area (Å²) in [6.45, 7) is 23.3. The first-order valence-electron chi connectivity index (χ1n) is 8.78. The van der Waals surface area contributed by atoms with Crippen molar-refractivity contribution in [1.82, 2.24) is 0 Å². The zero-order valence-electron chi connectivity index (χ0n) is 16.3. The van der Waals surface area contributed by atoms with Crippen molar-refractivity contribution in [1.29, 1.82) is 0 Å². The maximum atomic E-state index is 6.81. The summed E-state index contributed by atoms with van der Waals surface area (Å²) in [4.78, 5) is 0. The van der Waals surface area contributed by atoms with Gasteiger partial charge in [0.1, 0.15) is 0 Å². The van der Waals surface area contributed by atoms with Gasteiger partial charge in [-0.3, -0.25) is 0 Å². The molecule has 0 saturated heterocycles. The number of hydrogen-bond acceptors (Lipinski definition) is 2.